The first kappa shape index (κ1) is 9.48. The second kappa shape index (κ2) is 4.43. The van der Waals surface area contributed by atoms with Crippen LogP contribution in [0.4, 0.5) is 0 Å². The SMILES string of the molecule is O=C(NC1CCOCC1)C1=CNNC1. The van der Waals surface area contributed by atoms with Crippen molar-refractivity contribution in [2.45, 2.75) is 18.9 Å². The zero-order valence-corrected chi connectivity index (χ0v) is 8.01. The van der Waals surface area contributed by atoms with Crippen LogP contribution in [-0.2, 0) is 9.53 Å². The van der Waals surface area contributed by atoms with Gasteiger partial charge in [-0.25, -0.2) is 5.43 Å². The second-order valence-corrected chi connectivity index (χ2v) is 3.53. The van der Waals surface area contributed by atoms with Crippen molar-refractivity contribution < 1.29 is 9.53 Å². The van der Waals surface area contributed by atoms with Gasteiger partial charge in [-0.3, -0.25) is 4.79 Å². The monoisotopic (exact) mass is 197 g/mol. The normalized spacial score (nSPS) is 22.7. The van der Waals surface area contributed by atoms with Gasteiger partial charge in [-0.1, -0.05) is 0 Å². The first-order valence-corrected chi connectivity index (χ1v) is 4.92. The van der Waals surface area contributed by atoms with E-state index in [1.165, 1.54) is 0 Å². The largest absolute Gasteiger partial charge is 0.381 e. The van der Waals surface area contributed by atoms with E-state index in [2.05, 4.69) is 16.2 Å². The van der Waals surface area contributed by atoms with Gasteiger partial charge >= 0.3 is 0 Å². The Balaban J connectivity index is 1.81. The molecule has 1 saturated heterocycles. The predicted octanol–water partition coefficient (Wildman–Crippen LogP) is -0.727. The van der Waals surface area contributed by atoms with Gasteiger partial charge in [-0.2, -0.15) is 0 Å². The summed E-state index contributed by atoms with van der Waals surface area (Å²) >= 11 is 0. The van der Waals surface area contributed by atoms with Crippen LogP contribution in [0.5, 0.6) is 0 Å². The number of carbonyl (C=O) groups is 1. The maximum Gasteiger partial charge on any atom is 0.250 e. The van der Waals surface area contributed by atoms with Crippen molar-refractivity contribution >= 4 is 5.91 Å². The molecule has 2 rings (SSSR count). The van der Waals surface area contributed by atoms with Gasteiger partial charge in [-0.05, 0) is 12.8 Å². The van der Waals surface area contributed by atoms with Gasteiger partial charge in [-0.15, -0.1) is 0 Å². The highest BCUT2D eigenvalue weighted by Gasteiger charge is 2.19. The smallest absolute Gasteiger partial charge is 0.250 e. The quantitative estimate of drug-likeness (QED) is 0.546. The van der Waals surface area contributed by atoms with Gasteiger partial charge in [0.2, 0.25) is 5.91 Å². The molecule has 5 heteroatoms. The molecule has 0 bridgehead atoms. The number of rotatable bonds is 2. The molecule has 0 aliphatic carbocycles. The fraction of sp³-hybridized carbons (Fsp3) is 0.667. The van der Waals surface area contributed by atoms with Crippen LogP contribution < -0.4 is 16.2 Å². The minimum Gasteiger partial charge on any atom is -0.381 e. The maximum atomic E-state index is 11.6. The van der Waals surface area contributed by atoms with Crippen molar-refractivity contribution in [2.75, 3.05) is 19.8 Å². The van der Waals surface area contributed by atoms with Gasteiger partial charge in [0.25, 0.3) is 0 Å². The minimum atomic E-state index is 0.0226. The van der Waals surface area contributed by atoms with E-state index in [9.17, 15) is 4.79 Å². The van der Waals surface area contributed by atoms with Crippen LogP contribution in [0.15, 0.2) is 11.8 Å². The van der Waals surface area contributed by atoms with E-state index in [0.717, 1.165) is 31.6 Å². The van der Waals surface area contributed by atoms with Crippen molar-refractivity contribution in [1.82, 2.24) is 16.2 Å². The number of hydrogen-bond acceptors (Lipinski definition) is 4. The average Bonchev–Trinajstić information content (AvgIpc) is 2.72. The molecule has 0 atom stereocenters. The van der Waals surface area contributed by atoms with Gasteiger partial charge in [0, 0.05) is 37.6 Å². The molecule has 78 valence electrons. The van der Waals surface area contributed by atoms with Crippen LogP contribution in [0.25, 0.3) is 0 Å². The first-order valence-electron chi connectivity index (χ1n) is 4.92. The van der Waals surface area contributed by atoms with E-state index in [4.69, 9.17) is 4.74 Å². The summed E-state index contributed by atoms with van der Waals surface area (Å²) in [7, 11) is 0. The summed E-state index contributed by atoms with van der Waals surface area (Å²) in [6, 6.07) is 0.276. The van der Waals surface area contributed by atoms with Crippen molar-refractivity contribution in [3.8, 4) is 0 Å². The minimum absolute atomic E-state index is 0.0226. The molecule has 0 aromatic carbocycles. The Hall–Kier alpha value is -1.07. The fourth-order valence-electron chi connectivity index (χ4n) is 1.60. The van der Waals surface area contributed by atoms with E-state index in [0.29, 0.717) is 6.54 Å². The Morgan fingerprint density at radius 1 is 1.50 bits per heavy atom. The van der Waals surface area contributed by atoms with Crippen LogP contribution >= 0.6 is 0 Å². The number of nitrogens with one attached hydrogen (secondary N) is 3. The fourth-order valence-corrected chi connectivity index (χ4v) is 1.60. The summed E-state index contributed by atoms with van der Waals surface area (Å²) < 4.78 is 5.22. The number of carbonyl (C=O) groups excluding carboxylic acids is 1. The zero-order chi connectivity index (χ0) is 9.80. The van der Waals surface area contributed by atoms with E-state index >= 15 is 0 Å². The molecule has 14 heavy (non-hydrogen) atoms. The molecule has 2 aliphatic rings. The molecule has 2 aliphatic heterocycles. The van der Waals surface area contributed by atoms with Gasteiger partial charge in [0.1, 0.15) is 0 Å². The van der Waals surface area contributed by atoms with E-state index in [1.54, 1.807) is 6.20 Å². The van der Waals surface area contributed by atoms with E-state index < -0.39 is 0 Å². The molecule has 1 fully saturated rings. The average molecular weight is 197 g/mol. The Bertz CT molecular complexity index is 246. The third kappa shape index (κ3) is 2.24. The lowest BCUT2D eigenvalue weighted by atomic mass is 10.1. The summed E-state index contributed by atoms with van der Waals surface area (Å²) in [6.45, 7) is 2.09. The van der Waals surface area contributed by atoms with Crippen LogP contribution in [-0.4, -0.2) is 31.7 Å². The number of ether oxygens (including phenoxy) is 1. The summed E-state index contributed by atoms with van der Waals surface area (Å²) in [5, 5.41) is 2.99. The number of hydrazine groups is 1. The molecule has 0 unspecified atom stereocenters. The Morgan fingerprint density at radius 3 is 2.93 bits per heavy atom. The van der Waals surface area contributed by atoms with Gasteiger partial charge in [0.15, 0.2) is 0 Å². The van der Waals surface area contributed by atoms with Crippen molar-refractivity contribution in [1.29, 1.82) is 0 Å². The number of hydrogen-bond donors (Lipinski definition) is 3. The summed E-state index contributed by atoms with van der Waals surface area (Å²) in [4.78, 5) is 11.6. The van der Waals surface area contributed by atoms with Crippen LogP contribution in [0.3, 0.4) is 0 Å². The molecule has 1 amide bonds. The predicted molar refractivity (Wildman–Crippen MR) is 51.2 cm³/mol. The highest BCUT2D eigenvalue weighted by Crippen LogP contribution is 2.07. The molecule has 0 spiro atoms. The highest BCUT2D eigenvalue weighted by molar-refractivity contribution is 5.94. The molecular weight excluding hydrogens is 182 g/mol. The molecule has 0 aromatic rings. The summed E-state index contributed by atoms with van der Waals surface area (Å²) in [6.07, 6.45) is 3.54. The van der Waals surface area contributed by atoms with Crippen molar-refractivity contribution in [3.05, 3.63) is 11.8 Å². The van der Waals surface area contributed by atoms with Crippen molar-refractivity contribution in [2.24, 2.45) is 0 Å². The Labute approximate surface area is 82.9 Å². The van der Waals surface area contributed by atoms with Crippen LogP contribution in [0.2, 0.25) is 0 Å². The van der Waals surface area contributed by atoms with Gasteiger partial charge < -0.3 is 15.5 Å². The van der Waals surface area contributed by atoms with Gasteiger partial charge in [0.05, 0.1) is 0 Å². The second-order valence-electron chi connectivity index (χ2n) is 3.53. The zero-order valence-electron chi connectivity index (χ0n) is 8.01. The highest BCUT2D eigenvalue weighted by atomic mass is 16.5. The molecule has 0 radical (unpaired) electrons. The Kier molecular flexibility index (Phi) is 3.00. The summed E-state index contributed by atoms with van der Waals surface area (Å²) in [5.74, 6) is 0.0226. The molecule has 3 N–H and O–H groups in total. The Morgan fingerprint density at radius 2 is 2.29 bits per heavy atom. The lowest BCUT2D eigenvalue weighted by Gasteiger charge is -2.23. The lowest BCUT2D eigenvalue weighted by molar-refractivity contribution is -0.118. The first-order chi connectivity index (χ1) is 6.86. The molecule has 0 saturated carbocycles. The number of amides is 1. The topological polar surface area (TPSA) is 62.4 Å². The van der Waals surface area contributed by atoms with E-state index in [-0.39, 0.29) is 11.9 Å². The molecule has 2 heterocycles. The third-order valence-electron chi connectivity index (χ3n) is 2.48. The van der Waals surface area contributed by atoms with Crippen LogP contribution in [0, 0.1) is 0 Å². The summed E-state index contributed by atoms with van der Waals surface area (Å²) in [5.41, 5.74) is 6.42. The molecule has 5 nitrogen and oxygen atoms in total. The lowest BCUT2D eigenvalue weighted by Crippen LogP contribution is -2.40. The van der Waals surface area contributed by atoms with Crippen molar-refractivity contribution in [3.63, 3.8) is 0 Å². The standard InChI is InChI=1S/C9H15N3O2/c13-9(7-5-10-11-6-7)12-8-1-3-14-4-2-8/h5,8,10-11H,1-4,6H2,(H,12,13). The third-order valence-corrected chi connectivity index (χ3v) is 2.48. The molecule has 0 aromatic heterocycles. The van der Waals surface area contributed by atoms with E-state index in [1.807, 2.05) is 0 Å². The van der Waals surface area contributed by atoms with Crippen LogP contribution in [0.1, 0.15) is 12.8 Å². The molecular formula is C9H15N3O2. The maximum absolute atomic E-state index is 11.6.